The summed E-state index contributed by atoms with van der Waals surface area (Å²) < 4.78 is 4.89. The van der Waals surface area contributed by atoms with Gasteiger partial charge in [-0.3, -0.25) is 4.79 Å². The van der Waals surface area contributed by atoms with E-state index in [1.807, 2.05) is 0 Å². The number of carbonyl (C=O) groups is 1. The fourth-order valence-electron chi connectivity index (χ4n) is 1.22. The van der Waals surface area contributed by atoms with Gasteiger partial charge >= 0.3 is 5.97 Å². The first-order valence-electron chi connectivity index (χ1n) is 4.50. The minimum atomic E-state index is -1.50. The van der Waals surface area contributed by atoms with Crippen molar-refractivity contribution in [2.75, 3.05) is 7.11 Å². The van der Waals surface area contributed by atoms with Crippen LogP contribution in [0.2, 0.25) is 0 Å². The van der Waals surface area contributed by atoms with Crippen LogP contribution in [-0.4, -0.2) is 34.4 Å². The third kappa shape index (κ3) is 2.41. The number of benzene rings is 1. The van der Waals surface area contributed by atoms with Crippen LogP contribution in [0, 0.1) is 0 Å². The number of hydrogen-bond donors (Lipinski definition) is 4. The number of nitrogens with two attached hydrogens (primary N) is 1. The molecule has 0 aliphatic heterocycles. The molecule has 0 aliphatic carbocycles. The van der Waals surface area contributed by atoms with E-state index in [0.29, 0.717) is 5.75 Å². The van der Waals surface area contributed by atoms with Crippen LogP contribution in [0.5, 0.6) is 11.5 Å². The maximum Gasteiger partial charge on any atom is 0.323 e. The molecule has 1 rings (SSSR count). The molecule has 0 saturated heterocycles. The second-order valence-electron chi connectivity index (χ2n) is 3.23. The second kappa shape index (κ2) is 4.82. The molecule has 0 saturated carbocycles. The number of phenols is 1. The van der Waals surface area contributed by atoms with Gasteiger partial charge in [0.25, 0.3) is 0 Å². The lowest BCUT2D eigenvalue weighted by molar-refractivity contribution is -0.141. The van der Waals surface area contributed by atoms with E-state index >= 15 is 0 Å². The zero-order chi connectivity index (χ0) is 12.3. The number of carboxylic acids is 1. The second-order valence-corrected chi connectivity index (χ2v) is 3.23. The Kier molecular flexibility index (Phi) is 3.70. The largest absolute Gasteiger partial charge is 0.508 e. The van der Waals surface area contributed by atoms with Gasteiger partial charge in [-0.25, -0.2) is 0 Å². The van der Waals surface area contributed by atoms with Gasteiger partial charge in [-0.1, -0.05) is 0 Å². The minimum absolute atomic E-state index is 0.0225. The third-order valence-electron chi connectivity index (χ3n) is 2.18. The summed E-state index contributed by atoms with van der Waals surface area (Å²) in [6, 6.07) is 2.62. The smallest absolute Gasteiger partial charge is 0.323 e. The van der Waals surface area contributed by atoms with Crippen molar-refractivity contribution in [3.05, 3.63) is 23.8 Å². The van der Waals surface area contributed by atoms with Crippen molar-refractivity contribution in [2.24, 2.45) is 5.73 Å². The van der Waals surface area contributed by atoms with Gasteiger partial charge in [0.05, 0.1) is 7.11 Å². The van der Waals surface area contributed by atoms with Crippen molar-refractivity contribution in [1.82, 2.24) is 0 Å². The number of methoxy groups -OCH3 is 1. The standard InChI is InChI=1S/C10H13NO5/c1-16-5-2-3-7(12)6(4-5)9(13)8(11)10(14)15/h2-4,8-9,12-13H,11H2,1H3,(H,14,15). The van der Waals surface area contributed by atoms with Crippen LogP contribution in [0.25, 0.3) is 0 Å². The number of aliphatic carboxylic acids is 1. The van der Waals surface area contributed by atoms with Gasteiger partial charge in [0.1, 0.15) is 23.6 Å². The normalized spacial score (nSPS) is 14.2. The zero-order valence-electron chi connectivity index (χ0n) is 8.62. The Balaban J connectivity index is 3.06. The fourth-order valence-corrected chi connectivity index (χ4v) is 1.22. The van der Waals surface area contributed by atoms with Gasteiger partial charge in [-0.2, -0.15) is 0 Å². The van der Waals surface area contributed by atoms with Crippen molar-refractivity contribution in [3.63, 3.8) is 0 Å². The molecule has 0 aromatic heterocycles. The molecule has 0 aliphatic rings. The van der Waals surface area contributed by atoms with Crippen LogP contribution in [-0.2, 0) is 4.79 Å². The predicted molar refractivity (Wildman–Crippen MR) is 55.2 cm³/mol. The number of phenolic OH excluding ortho intramolecular Hbond substituents is 1. The lowest BCUT2D eigenvalue weighted by Gasteiger charge is -2.17. The average molecular weight is 227 g/mol. The monoisotopic (exact) mass is 227 g/mol. The van der Waals surface area contributed by atoms with Gasteiger partial charge < -0.3 is 25.8 Å². The summed E-state index contributed by atoms with van der Waals surface area (Å²) in [7, 11) is 1.42. The number of hydrogen-bond acceptors (Lipinski definition) is 5. The molecule has 0 radical (unpaired) electrons. The predicted octanol–water partition coefficient (Wildman–Crippen LogP) is -0.154. The molecular formula is C10H13NO5. The molecule has 0 heterocycles. The maximum atomic E-state index is 10.6. The van der Waals surface area contributed by atoms with Crippen molar-refractivity contribution >= 4 is 5.97 Å². The van der Waals surface area contributed by atoms with E-state index in [1.54, 1.807) is 0 Å². The number of ether oxygens (including phenoxy) is 1. The van der Waals surface area contributed by atoms with Crippen LogP contribution >= 0.6 is 0 Å². The number of aliphatic hydroxyl groups excluding tert-OH is 1. The molecule has 5 N–H and O–H groups in total. The molecule has 6 heteroatoms. The Bertz CT molecular complexity index is 393. The van der Waals surface area contributed by atoms with E-state index in [2.05, 4.69) is 0 Å². The highest BCUT2D eigenvalue weighted by Crippen LogP contribution is 2.29. The lowest BCUT2D eigenvalue weighted by atomic mass is 10.0. The molecular weight excluding hydrogens is 214 g/mol. The van der Waals surface area contributed by atoms with Crippen LogP contribution < -0.4 is 10.5 Å². The Hall–Kier alpha value is -1.79. The number of aromatic hydroxyl groups is 1. The summed E-state index contributed by atoms with van der Waals surface area (Å²) in [6.45, 7) is 0. The summed E-state index contributed by atoms with van der Waals surface area (Å²) in [6.07, 6.45) is -1.49. The zero-order valence-corrected chi connectivity index (χ0v) is 8.62. The van der Waals surface area contributed by atoms with E-state index in [-0.39, 0.29) is 11.3 Å². The Morgan fingerprint density at radius 1 is 1.50 bits per heavy atom. The Morgan fingerprint density at radius 2 is 2.12 bits per heavy atom. The number of rotatable bonds is 4. The molecule has 88 valence electrons. The SMILES string of the molecule is COc1ccc(O)c(C(O)C(N)C(=O)O)c1. The first kappa shape index (κ1) is 12.3. The van der Waals surface area contributed by atoms with E-state index in [4.69, 9.17) is 15.6 Å². The molecule has 1 aromatic rings. The highest BCUT2D eigenvalue weighted by atomic mass is 16.5. The summed E-state index contributed by atoms with van der Waals surface area (Å²) in [4.78, 5) is 10.6. The van der Waals surface area contributed by atoms with Crippen molar-refractivity contribution < 1.29 is 24.9 Å². The van der Waals surface area contributed by atoms with Crippen LogP contribution in [0.15, 0.2) is 18.2 Å². The van der Waals surface area contributed by atoms with Crippen LogP contribution in [0.1, 0.15) is 11.7 Å². The van der Waals surface area contributed by atoms with E-state index in [0.717, 1.165) is 0 Å². The molecule has 16 heavy (non-hydrogen) atoms. The molecule has 0 amide bonds. The Morgan fingerprint density at radius 3 is 2.62 bits per heavy atom. The minimum Gasteiger partial charge on any atom is -0.508 e. The highest BCUT2D eigenvalue weighted by molar-refractivity contribution is 5.74. The van der Waals surface area contributed by atoms with Crippen molar-refractivity contribution in [1.29, 1.82) is 0 Å². The highest BCUT2D eigenvalue weighted by Gasteiger charge is 2.26. The first-order valence-corrected chi connectivity index (χ1v) is 4.50. The fraction of sp³-hybridized carbons (Fsp3) is 0.300. The molecule has 2 atom stereocenters. The topological polar surface area (TPSA) is 113 Å². The van der Waals surface area contributed by atoms with Crippen LogP contribution in [0.3, 0.4) is 0 Å². The van der Waals surface area contributed by atoms with Gasteiger partial charge in [0.2, 0.25) is 0 Å². The first-order chi connectivity index (χ1) is 7.47. The lowest BCUT2D eigenvalue weighted by Crippen LogP contribution is -2.36. The molecule has 0 bridgehead atoms. The summed E-state index contributed by atoms with van der Waals surface area (Å²) >= 11 is 0. The van der Waals surface area contributed by atoms with Crippen molar-refractivity contribution in [3.8, 4) is 11.5 Å². The molecule has 1 aromatic carbocycles. The van der Waals surface area contributed by atoms with Gasteiger partial charge in [0, 0.05) is 5.56 Å². The molecule has 6 nitrogen and oxygen atoms in total. The molecule has 0 spiro atoms. The van der Waals surface area contributed by atoms with E-state index in [9.17, 15) is 15.0 Å². The van der Waals surface area contributed by atoms with E-state index in [1.165, 1.54) is 25.3 Å². The third-order valence-corrected chi connectivity index (χ3v) is 2.18. The molecule has 0 fully saturated rings. The number of aliphatic hydroxyl groups is 1. The summed E-state index contributed by atoms with van der Waals surface area (Å²) in [5, 5.41) is 27.7. The average Bonchev–Trinajstić information content (AvgIpc) is 2.27. The summed E-state index contributed by atoms with van der Waals surface area (Å²) in [5.74, 6) is -1.19. The van der Waals surface area contributed by atoms with E-state index < -0.39 is 18.1 Å². The summed E-state index contributed by atoms with van der Waals surface area (Å²) in [5.41, 5.74) is 5.27. The Labute approximate surface area is 91.9 Å². The van der Waals surface area contributed by atoms with Crippen LogP contribution in [0.4, 0.5) is 0 Å². The maximum absolute atomic E-state index is 10.6. The van der Waals surface area contributed by atoms with Gasteiger partial charge in [-0.05, 0) is 18.2 Å². The van der Waals surface area contributed by atoms with Gasteiger partial charge in [0.15, 0.2) is 0 Å². The van der Waals surface area contributed by atoms with Gasteiger partial charge in [-0.15, -0.1) is 0 Å². The number of carboxylic acid groups (broad SMARTS) is 1. The quantitative estimate of drug-likeness (QED) is 0.568. The molecule has 2 unspecified atom stereocenters. The van der Waals surface area contributed by atoms with Crippen molar-refractivity contribution in [2.45, 2.75) is 12.1 Å².